The normalized spacial score (nSPS) is 10.9. The zero-order valence-corrected chi connectivity index (χ0v) is 10.0. The van der Waals surface area contributed by atoms with Gasteiger partial charge in [-0.1, -0.05) is 19.8 Å². The van der Waals surface area contributed by atoms with Crippen molar-refractivity contribution in [1.29, 1.82) is 0 Å². The highest BCUT2D eigenvalue weighted by Gasteiger charge is 2.12. The van der Waals surface area contributed by atoms with Gasteiger partial charge in [-0.3, -0.25) is 4.79 Å². The Kier molecular flexibility index (Phi) is 3.42. The van der Waals surface area contributed by atoms with E-state index in [4.69, 9.17) is 5.73 Å². The van der Waals surface area contributed by atoms with Gasteiger partial charge in [-0.15, -0.1) is 0 Å². The van der Waals surface area contributed by atoms with Crippen LogP contribution in [0.25, 0.3) is 11.0 Å². The average Bonchev–Trinajstić information content (AvgIpc) is 2.69. The summed E-state index contributed by atoms with van der Waals surface area (Å²) in [5, 5.41) is 0.844. The standard InChI is InChI=1S/C13H17N3O/c1-2-3-4-8-16-9-11(12(14)17)10-6-5-7-15-13(10)16/h5-7,9H,2-4,8H2,1H3,(H2,14,17). The fourth-order valence-corrected chi connectivity index (χ4v) is 2.02. The number of nitrogens with zero attached hydrogens (tertiary/aromatic N) is 2. The molecule has 0 bridgehead atoms. The van der Waals surface area contributed by atoms with E-state index in [0.29, 0.717) is 5.56 Å². The van der Waals surface area contributed by atoms with Gasteiger partial charge in [-0.2, -0.15) is 0 Å². The minimum absolute atomic E-state index is 0.391. The van der Waals surface area contributed by atoms with Crippen molar-refractivity contribution in [2.75, 3.05) is 0 Å². The molecule has 17 heavy (non-hydrogen) atoms. The summed E-state index contributed by atoms with van der Waals surface area (Å²) in [6.45, 7) is 3.05. The molecule has 1 amide bonds. The lowest BCUT2D eigenvalue weighted by molar-refractivity contribution is 0.100. The Morgan fingerprint density at radius 2 is 2.29 bits per heavy atom. The number of rotatable bonds is 5. The summed E-state index contributed by atoms with van der Waals surface area (Å²) >= 11 is 0. The van der Waals surface area contributed by atoms with E-state index in [1.54, 1.807) is 6.20 Å². The molecule has 2 N–H and O–H groups in total. The minimum Gasteiger partial charge on any atom is -0.366 e. The van der Waals surface area contributed by atoms with Crippen molar-refractivity contribution in [2.24, 2.45) is 5.73 Å². The molecule has 2 aromatic rings. The zero-order valence-electron chi connectivity index (χ0n) is 10.0. The summed E-state index contributed by atoms with van der Waals surface area (Å²) in [6.07, 6.45) is 7.00. The van der Waals surface area contributed by atoms with Gasteiger partial charge in [-0.05, 0) is 18.6 Å². The van der Waals surface area contributed by atoms with Crippen molar-refractivity contribution in [3.63, 3.8) is 0 Å². The topological polar surface area (TPSA) is 60.9 Å². The van der Waals surface area contributed by atoms with E-state index in [-0.39, 0.29) is 0 Å². The number of aromatic nitrogens is 2. The van der Waals surface area contributed by atoms with E-state index in [9.17, 15) is 4.79 Å². The number of aryl methyl sites for hydroxylation is 1. The van der Waals surface area contributed by atoms with Crippen LogP contribution < -0.4 is 5.73 Å². The molecule has 0 aliphatic carbocycles. The van der Waals surface area contributed by atoms with Gasteiger partial charge in [0, 0.05) is 24.3 Å². The molecule has 2 aromatic heterocycles. The molecule has 0 aliphatic rings. The molecule has 2 rings (SSSR count). The molecule has 0 saturated heterocycles. The number of unbranched alkanes of at least 4 members (excludes halogenated alkanes) is 2. The third-order valence-corrected chi connectivity index (χ3v) is 2.90. The van der Waals surface area contributed by atoms with Crippen molar-refractivity contribution >= 4 is 16.9 Å². The van der Waals surface area contributed by atoms with Crippen LogP contribution in [0, 0.1) is 0 Å². The zero-order chi connectivity index (χ0) is 12.3. The predicted molar refractivity (Wildman–Crippen MR) is 67.8 cm³/mol. The van der Waals surface area contributed by atoms with Gasteiger partial charge in [-0.25, -0.2) is 4.98 Å². The van der Waals surface area contributed by atoms with Crippen LogP contribution in [-0.4, -0.2) is 15.5 Å². The maximum Gasteiger partial charge on any atom is 0.250 e. The summed E-state index contributed by atoms with van der Waals surface area (Å²) in [6, 6.07) is 3.71. The third kappa shape index (κ3) is 2.30. The molecule has 0 unspecified atom stereocenters. The number of fused-ring (bicyclic) bond motifs is 1. The Hall–Kier alpha value is -1.84. The lowest BCUT2D eigenvalue weighted by atomic mass is 10.2. The number of primary amides is 1. The Bertz CT molecular complexity index is 530. The molecule has 2 heterocycles. The van der Waals surface area contributed by atoms with Crippen molar-refractivity contribution in [3.05, 3.63) is 30.1 Å². The van der Waals surface area contributed by atoms with Crippen molar-refractivity contribution in [2.45, 2.75) is 32.7 Å². The molecular formula is C13H17N3O. The molecule has 0 radical (unpaired) electrons. The highest BCUT2D eigenvalue weighted by molar-refractivity contribution is 6.05. The minimum atomic E-state index is -0.391. The summed E-state index contributed by atoms with van der Waals surface area (Å²) in [4.78, 5) is 15.7. The molecule has 0 fully saturated rings. The molecule has 0 aliphatic heterocycles. The first-order valence-corrected chi connectivity index (χ1v) is 5.97. The summed E-state index contributed by atoms with van der Waals surface area (Å²) < 4.78 is 2.02. The maximum absolute atomic E-state index is 11.3. The van der Waals surface area contributed by atoms with Crippen LogP contribution in [0.4, 0.5) is 0 Å². The second kappa shape index (κ2) is 4.99. The molecule has 90 valence electrons. The molecular weight excluding hydrogens is 214 g/mol. The first kappa shape index (κ1) is 11.6. The quantitative estimate of drug-likeness (QED) is 0.803. The molecule has 4 heteroatoms. The monoisotopic (exact) mass is 231 g/mol. The number of pyridine rings is 1. The van der Waals surface area contributed by atoms with Crippen molar-refractivity contribution in [1.82, 2.24) is 9.55 Å². The first-order chi connectivity index (χ1) is 8.24. The SMILES string of the molecule is CCCCCn1cc(C(N)=O)c2cccnc21. The Balaban J connectivity index is 2.38. The van der Waals surface area contributed by atoms with Crippen molar-refractivity contribution < 1.29 is 4.79 Å². The second-order valence-electron chi connectivity index (χ2n) is 4.18. The van der Waals surface area contributed by atoms with Gasteiger partial charge in [0.25, 0.3) is 5.91 Å². The van der Waals surface area contributed by atoms with Gasteiger partial charge >= 0.3 is 0 Å². The van der Waals surface area contributed by atoms with Crippen molar-refractivity contribution in [3.8, 4) is 0 Å². The van der Waals surface area contributed by atoms with Crippen LogP contribution in [0.5, 0.6) is 0 Å². The Morgan fingerprint density at radius 1 is 1.47 bits per heavy atom. The van der Waals surface area contributed by atoms with E-state index < -0.39 is 5.91 Å². The Labute approximate surface area is 100 Å². The average molecular weight is 231 g/mol. The van der Waals surface area contributed by atoms with Crippen LogP contribution in [0.1, 0.15) is 36.5 Å². The summed E-state index contributed by atoms with van der Waals surface area (Å²) in [5.41, 5.74) is 6.77. The fourth-order valence-electron chi connectivity index (χ4n) is 2.02. The van der Waals surface area contributed by atoms with Gasteiger partial charge < -0.3 is 10.3 Å². The predicted octanol–water partition coefficient (Wildman–Crippen LogP) is 2.33. The summed E-state index contributed by atoms with van der Waals surface area (Å²) in [7, 11) is 0. The number of amides is 1. The van der Waals surface area contributed by atoms with Crippen LogP contribution in [0.3, 0.4) is 0 Å². The van der Waals surface area contributed by atoms with Crippen LogP contribution in [0.15, 0.2) is 24.5 Å². The van der Waals surface area contributed by atoms with E-state index in [2.05, 4.69) is 11.9 Å². The molecule has 0 spiro atoms. The van der Waals surface area contributed by atoms with E-state index in [0.717, 1.165) is 24.0 Å². The van der Waals surface area contributed by atoms with Crippen LogP contribution in [0.2, 0.25) is 0 Å². The number of carbonyl (C=O) groups is 1. The highest BCUT2D eigenvalue weighted by atomic mass is 16.1. The summed E-state index contributed by atoms with van der Waals surface area (Å²) in [5.74, 6) is -0.391. The van der Waals surface area contributed by atoms with Gasteiger partial charge in [0.15, 0.2) is 0 Å². The highest BCUT2D eigenvalue weighted by Crippen LogP contribution is 2.19. The molecule has 0 saturated carbocycles. The lowest BCUT2D eigenvalue weighted by Crippen LogP contribution is -2.10. The number of hydrogen-bond acceptors (Lipinski definition) is 2. The number of hydrogen-bond donors (Lipinski definition) is 1. The van der Waals surface area contributed by atoms with E-state index in [1.165, 1.54) is 12.8 Å². The van der Waals surface area contributed by atoms with Gasteiger partial charge in [0.2, 0.25) is 0 Å². The van der Waals surface area contributed by atoms with E-state index in [1.807, 2.05) is 22.9 Å². The lowest BCUT2D eigenvalue weighted by Gasteiger charge is -2.02. The van der Waals surface area contributed by atoms with Gasteiger partial charge in [0.05, 0.1) is 5.56 Å². The smallest absolute Gasteiger partial charge is 0.250 e. The largest absolute Gasteiger partial charge is 0.366 e. The molecule has 4 nitrogen and oxygen atoms in total. The molecule has 0 atom stereocenters. The molecule has 0 aromatic carbocycles. The van der Waals surface area contributed by atoms with Crippen LogP contribution in [-0.2, 0) is 6.54 Å². The van der Waals surface area contributed by atoms with E-state index >= 15 is 0 Å². The maximum atomic E-state index is 11.3. The van der Waals surface area contributed by atoms with Gasteiger partial charge in [0.1, 0.15) is 5.65 Å². The first-order valence-electron chi connectivity index (χ1n) is 5.97. The third-order valence-electron chi connectivity index (χ3n) is 2.90. The second-order valence-corrected chi connectivity index (χ2v) is 4.18. The fraction of sp³-hybridized carbons (Fsp3) is 0.385. The number of nitrogens with two attached hydrogens (primary N) is 1. The Morgan fingerprint density at radius 3 is 3.00 bits per heavy atom. The van der Waals surface area contributed by atoms with Crippen LogP contribution >= 0.6 is 0 Å². The number of carbonyl (C=O) groups excluding carboxylic acids is 1.